The fourth-order valence-corrected chi connectivity index (χ4v) is 1.83. The predicted octanol–water partition coefficient (Wildman–Crippen LogP) is 1.94. The molecule has 1 rings (SSSR count). The van der Waals surface area contributed by atoms with Gasteiger partial charge in [0.15, 0.2) is 0 Å². The van der Waals surface area contributed by atoms with Crippen LogP contribution in [-0.4, -0.2) is 18.0 Å². The molecule has 6 nitrogen and oxygen atoms in total. The van der Waals surface area contributed by atoms with Crippen molar-refractivity contribution in [2.45, 2.75) is 26.8 Å². The minimum absolute atomic E-state index is 0.332. The first-order chi connectivity index (χ1) is 9.11. The van der Waals surface area contributed by atoms with Crippen LogP contribution < -0.4 is 22.1 Å². The zero-order valence-corrected chi connectivity index (χ0v) is 12.4. The lowest BCUT2D eigenvalue weighted by molar-refractivity contribution is -0.122. The third kappa shape index (κ3) is 4.31. The Labute approximate surface area is 122 Å². The Kier molecular flexibility index (Phi) is 4.83. The first-order valence-corrected chi connectivity index (χ1v) is 6.41. The Bertz CT molecular complexity index is 526. The summed E-state index contributed by atoms with van der Waals surface area (Å²) < 4.78 is 0. The van der Waals surface area contributed by atoms with Crippen molar-refractivity contribution in [1.82, 2.24) is 5.32 Å². The Morgan fingerprint density at radius 1 is 1.30 bits per heavy atom. The Hall–Kier alpha value is -1.95. The van der Waals surface area contributed by atoms with E-state index in [0.29, 0.717) is 16.4 Å². The van der Waals surface area contributed by atoms with Gasteiger partial charge in [0.05, 0.1) is 11.4 Å². The molecular weight excluding hydrogens is 280 g/mol. The average Bonchev–Trinajstić information content (AvgIpc) is 2.28. The number of primary amides is 1. The number of carbonyl (C=O) groups is 2. The largest absolute Gasteiger partial charge is 0.397 e. The van der Waals surface area contributed by atoms with Crippen molar-refractivity contribution in [2.75, 3.05) is 11.1 Å². The number of anilines is 2. The van der Waals surface area contributed by atoms with Crippen molar-refractivity contribution in [2.24, 2.45) is 11.1 Å². The van der Waals surface area contributed by atoms with Crippen LogP contribution in [0.25, 0.3) is 0 Å². The van der Waals surface area contributed by atoms with Crippen LogP contribution in [0.5, 0.6) is 0 Å². The summed E-state index contributed by atoms with van der Waals surface area (Å²) in [5, 5.41) is 5.56. The number of halogens is 1. The minimum atomic E-state index is -0.795. The van der Waals surface area contributed by atoms with Crippen LogP contribution in [-0.2, 0) is 4.79 Å². The fourth-order valence-electron chi connectivity index (χ4n) is 1.65. The van der Waals surface area contributed by atoms with Gasteiger partial charge < -0.3 is 22.1 Å². The molecule has 0 aromatic heterocycles. The van der Waals surface area contributed by atoms with Crippen molar-refractivity contribution in [1.29, 1.82) is 0 Å². The van der Waals surface area contributed by atoms with Crippen LogP contribution in [0.15, 0.2) is 18.2 Å². The lowest BCUT2D eigenvalue weighted by Gasteiger charge is -2.28. The van der Waals surface area contributed by atoms with Crippen molar-refractivity contribution in [3.8, 4) is 0 Å². The number of hydrogen-bond acceptors (Lipinski definition) is 3. The molecule has 0 aliphatic heterocycles. The zero-order valence-electron chi connectivity index (χ0n) is 11.7. The molecule has 110 valence electrons. The standard InChI is InChI=1S/C13H19ClN4O2/c1-13(2,3)10(11(16)19)18-12(20)17-9-5-4-7(14)6-8(9)15/h4-6,10H,15H2,1-3H3,(H2,16,19)(H2,17,18,20)/t10-/m1/s1. The van der Waals surface area contributed by atoms with Crippen LogP contribution in [0, 0.1) is 5.41 Å². The molecule has 0 bridgehead atoms. The normalized spacial score (nSPS) is 12.6. The molecule has 0 aliphatic carbocycles. The molecule has 20 heavy (non-hydrogen) atoms. The van der Waals surface area contributed by atoms with Crippen LogP contribution >= 0.6 is 11.6 Å². The quantitative estimate of drug-likeness (QED) is 0.640. The number of nitrogen functional groups attached to an aromatic ring is 1. The molecule has 1 atom stereocenters. The highest BCUT2D eigenvalue weighted by Gasteiger charge is 2.31. The van der Waals surface area contributed by atoms with E-state index in [1.54, 1.807) is 32.9 Å². The van der Waals surface area contributed by atoms with Crippen LogP contribution in [0.1, 0.15) is 20.8 Å². The maximum absolute atomic E-state index is 11.9. The number of urea groups is 1. The van der Waals surface area contributed by atoms with Crippen LogP contribution in [0.4, 0.5) is 16.2 Å². The predicted molar refractivity (Wildman–Crippen MR) is 80.5 cm³/mol. The third-order valence-corrected chi connectivity index (χ3v) is 2.92. The summed E-state index contributed by atoms with van der Waals surface area (Å²) in [6, 6.07) is 3.34. The van der Waals surface area contributed by atoms with Crippen molar-refractivity contribution < 1.29 is 9.59 Å². The maximum atomic E-state index is 11.9. The average molecular weight is 299 g/mol. The molecule has 0 radical (unpaired) electrons. The first-order valence-electron chi connectivity index (χ1n) is 6.03. The van der Waals surface area contributed by atoms with E-state index in [2.05, 4.69) is 10.6 Å². The Balaban J connectivity index is 2.79. The molecule has 6 N–H and O–H groups in total. The van der Waals surface area contributed by atoms with Crippen LogP contribution in [0.3, 0.4) is 0 Å². The number of carbonyl (C=O) groups excluding carboxylic acids is 2. The number of rotatable bonds is 3. The second-order valence-electron chi connectivity index (χ2n) is 5.53. The van der Waals surface area contributed by atoms with E-state index in [1.165, 1.54) is 6.07 Å². The molecule has 0 saturated carbocycles. The number of amides is 3. The summed E-state index contributed by atoms with van der Waals surface area (Å²) in [4.78, 5) is 23.3. The van der Waals surface area contributed by atoms with Crippen molar-refractivity contribution in [3.63, 3.8) is 0 Å². The zero-order chi connectivity index (χ0) is 15.5. The molecule has 0 fully saturated rings. The van der Waals surface area contributed by atoms with Crippen LogP contribution in [0.2, 0.25) is 5.02 Å². The van der Waals surface area contributed by atoms with Gasteiger partial charge in [0, 0.05) is 5.02 Å². The maximum Gasteiger partial charge on any atom is 0.319 e. The van der Waals surface area contributed by atoms with Gasteiger partial charge in [-0.15, -0.1) is 0 Å². The summed E-state index contributed by atoms with van der Waals surface area (Å²) in [6.07, 6.45) is 0. The van der Waals surface area contributed by atoms with Gasteiger partial charge in [0.25, 0.3) is 0 Å². The SMILES string of the molecule is CC(C)(C)[C@H](NC(=O)Nc1ccc(Cl)cc1N)C(N)=O. The lowest BCUT2D eigenvalue weighted by Crippen LogP contribution is -2.53. The first kappa shape index (κ1) is 16.1. The van der Waals surface area contributed by atoms with Gasteiger partial charge in [-0.1, -0.05) is 32.4 Å². The number of benzene rings is 1. The monoisotopic (exact) mass is 298 g/mol. The highest BCUT2D eigenvalue weighted by Crippen LogP contribution is 2.23. The molecule has 7 heteroatoms. The van der Waals surface area contributed by atoms with E-state index in [9.17, 15) is 9.59 Å². The van der Waals surface area contributed by atoms with E-state index >= 15 is 0 Å². The topological polar surface area (TPSA) is 110 Å². The van der Waals surface area contributed by atoms with Crippen molar-refractivity contribution in [3.05, 3.63) is 23.2 Å². The summed E-state index contributed by atoms with van der Waals surface area (Å²) in [6.45, 7) is 5.41. The van der Waals surface area contributed by atoms with Crippen molar-refractivity contribution >= 4 is 34.9 Å². The van der Waals surface area contributed by atoms with Gasteiger partial charge in [0.2, 0.25) is 5.91 Å². The van der Waals surface area contributed by atoms with Gasteiger partial charge in [-0.2, -0.15) is 0 Å². The number of nitrogens with one attached hydrogen (secondary N) is 2. The number of hydrogen-bond donors (Lipinski definition) is 4. The fraction of sp³-hybridized carbons (Fsp3) is 0.385. The molecule has 0 saturated heterocycles. The van der Waals surface area contributed by atoms with E-state index in [4.69, 9.17) is 23.1 Å². The molecule has 1 aromatic rings. The van der Waals surface area contributed by atoms with Gasteiger partial charge >= 0.3 is 6.03 Å². The van der Waals surface area contributed by atoms with E-state index in [0.717, 1.165) is 0 Å². The second kappa shape index (κ2) is 6.00. The lowest BCUT2D eigenvalue weighted by atomic mass is 9.86. The minimum Gasteiger partial charge on any atom is -0.397 e. The van der Waals surface area contributed by atoms with E-state index in [1.807, 2.05) is 0 Å². The summed E-state index contributed by atoms with van der Waals surface area (Å²) in [5.41, 5.74) is 11.3. The van der Waals surface area contributed by atoms with E-state index < -0.39 is 23.4 Å². The van der Waals surface area contributed by atoms with Gasteiger partial charge in [-0.05, 0) is 23.6 Å². The molecular formula is C13H19ClN4O2. The highest BCUT2D eigenvalue weighted by atomic mass is 35.5. The third-order valence-electron chi connectivity index (χ3n) is 2.69. The molecule has 0 spiro atoms. The summed E-state index contributed by atoms with van der Waals surface area (Å²) in [7, 11) is 0. The number of nitrogens with two attached hydrogens (primary N) is 2. The smallest absolute Gasteiger partial charge is 0.319 e. The van der Waals surface area contributed by atoms with Gasteiger partial charge in [-0.25, -0.2) is 4.79 Å². The van der Waals surface area contributed by atoms with E-state index in [-0.39, 0.29) is 0 Å². The summed E-state index contributed by atoms with van der Waals surface area (Å²) in [5.74, 6) is -0.600. The molecule has 0 aliphatic rings. The molecule has 0 heterocycles. The second-order valence-corrected chi connectivity index (χ2v) is 5.97. The molecule has 0 unspecified atom stereocenters. The molecule has 1 aromatic carbocycles. The summed E-state index contributed by atoms with van der Waals surface area (Å²) >= 11 is 5.77. The van der Waals surface area contributed by atoms with Gasteiger partial charge in [0.1, 0.15) is 6.04 Å². The molecule has 3 amide bonds. The Morgan fingerprint density at radius 2 is 1.90 bits per heavy atom. The van der Waals surface area contributed by atoms with Gasteiger partial charge in [-0.3, -0.25) is 4.79 Å². The highest BCUT2D eigenvalue weighted by molar-refractivity contribution is 6.31. The Morgan fingerprint density at radius 3 is 2.35 bits per heavy atom.